The van der Waals surface area contributed by atoms with Crippen molar-refractivity contribution in [2.45, 2.75) is 25.3 Å². The van der Waals surface area contributed by atoms with Gasteiger partial charge in [0.15, 0.2) is 0 Å². The molecule has 0 unspecified atom stereocenters. The molecule has 6 nitrogen and oxygen atoms in total. The number of carbonyl (C=O) groups is 1. The molecule has 1 heterocycles. The lowest BCUT2D eigenvalue weighted by Gasteiger charge is -2.27. The van der Waals surface area contributed by atoms with E-state index in [0.29, 0.717) is 45.0 Å². The topological polar surface area (TPSA) is 66.9 Å². The van der Waals surface area contributed by atoms with Crippen LogP contribution in [0.1, 0.15) is 28.4 Å². The Hall–Kier alpha value is -2.22. The lowest BCUT2D eigenvalue weighted by atomic mass is 10.1. The number of amides is 1. The van der Waals surface area contributed by atoms with E-state index >= 15 is 0 Å². The van der Waals surface area contributed by atoms with Crippen LogP contribution < -0.4 is 0 Å². The van der Waals surface area contributed by atoms with Crippen molar-refractivity contribution in [3.8, 4) is 0 Å². The zero-order chi connectivity index (χ0) is 20.1. The fourth-order valence-electron chi connectivity index (χ4n) is 3.23. The maximum atomic E-state index is 13.2. The number of carbonyl (C=O) groups excluding carboxylic acids is 1. The molecule has 150 valence electrons. The number of hydrogen-bond donors (Lipinski definition) is 0. The number of aryl methyl sites for hydroxylation is 1. The molecule has 1 amide bonds. The number of nitrogens with zero attached hydrogens (tertiary/aromatic N) is 2. The third-order valence-electron chi connectivity index (χ3n) is 4.93. The molecule has 0 atom stereocenters. The minimum Gasteiger partial charge on any atom is -0.379 e. The Bertz CT molecular complexity index is 923. The van der Waals surface area contributed by atoms with Crippen LogP contribution in [0.4, 0.5) is 0 Å². The van der Waals surface area contributed by atoms with Gasteiger partial charge in [-0.05, 0) is 37.1 Å². The summed E-state index contributed by atoms with van der Waals surface area (Å²) in [6, 6.07) is 14.6. The summed E-state index contributed by atoms with van der Waals surface area (Å²) in [4.78, 5) is 15.0. The lowest BCUT2D eigenvalue weighted by molar-refractivity contribution is 0.0729. The maximum Gasteiger partial charge on any atom is 0.254 e. The molecule has 1 aliphatic rings. The SMILES string of the molecule is CCN(Cc1ccccc1)C(=O)c1cc(S(=O)(=O)N2CCOCC2)ccc1C. The summed E-state index contributed by atoms with van der Waals surface area (Å²) in [6.45, 7) is 6.20. The van der Waals surface area contributed by atoms with Gasteiger partial charge in [-0.3, -0.25) is 4.79 Å². The molecule has 28 heavy (non-hydrogen) atoms. The van der Waals surface area contributed by atoms with Gasteiger partial charge in [0.25, 0.3) is 5.91 Å². The van der Waals surface area contributed by atoms with E-state index in [2.05, 4.69) is 0 Å². The fraction of sp³-hybridized carbons (Fsp3) is 0.381. The Balaban J connectivity index is 1.88. The molecular formula is C21H26N2O4S. The minimum absolute atomic E-state index is 0.152. The molecule has 0 aromatic heterocycles. The Morgan fingerprint density at radius 1 is 1.11 bits per heavy atom. The molecule has 1 fully saturated rings. The maximum absolute atomic E-state index is 13.2. The van der Waals surface area contributed by atoms with Crippen LogP contribution in [-0.2, 0) is 21.3 Å². The van der Waals surface area contributed by atoms with Gasteiger partial charge in [0, 0.05) is 31.7 Å². The first-order chi connectivity index (χ1) is 13.4. The van der Waals surface area contributed by atoms with E-state index in [1.807, 2.05) is 44.2 Å². The molecule has 3 rings (SSSR count). The van der Waals surface area contributed by atoms with Crippen molar-refractivity contribution in [2.24, 2.45) is 0 Å². The number of hydrogen-bond acceptors (Lipinski definition) is 4. The Morgan fingerprint density at radius 2 is 1.79 bits per heavy atom. The van der Waals surface area contributed by atoms with Crippen molar-refractivity contribution < 1.29 is 17.9 Å². The molecule has 0 saturated carbocycles. The first kappa shape index (κ1) is 20.5. The number of ether oxygens (including phenoxy) is 1. The van der Waals surface area contributed by atoms with Gasteiger partial charge in [-0.25, -0.2) is 8.42 Å². The summed E-state index contributed by atoms with van der Waals surface area (Å²) in [5, 5.41) is 0. The van der Waals surface area contributed by atoms with E-state index in [1.54, 1.807) is 17.0 Å². The summed E-state index contributed by atoms with van der Waals surface area (Å²) in [7, 11) is -3.64. The predicted octanol–water partition coefficient (Wildman–Crippen LogP) is 2.68. The smallest absolute Gasteiger partial charge is 0.254 e. The minimum atomic E-state index is -3.64. The molecule has 0 aliphatic carbocycles. The second-order valence-electron chi connectivity index (χ2n) is 6.80. The van der Waals surface area contributed by atoms with Crippen LogP contribution in [0.2, 0.25) is 0 Å². The van der Waals surface area contributed by atoms with E-state index in [-0.39, 0.29) is 10.8 Å². The number of rotatable bonds is 6. The van der Waals surface area contributed by atoms with Crippen LogP contribution >= 0.6 is 0 Å². The number of benzene rings is 2. The van der Waals surface area contributed by atoms with Crippen molar-refractivity contribution in [2.75, 3.05) is 32.8 Å². The quantitative estimate of drug-likeness (QED) is 0.745. The van der Waals surface area contributed by atoms with Crippen LogP contribution in [0, 0.1) is 6.92 Å². The van der Waals surface area contributed by atoms with Gasteiger partial charge in [0.2, 0.25) is 10.0 Å². The summed E-state index contributed by atoms with van der Waals surface area (Å²) in [5.41, 5.74) is 2.22. The van der Waals surface area contributed by atoms with Gasteiger partial charge in [0.05, 0.1) is 18.1 Å². The summed E-state index contributed by atoms with van der Waals surface area (Å²) in [5.74, 6) is -0.164. The van der Waals surface area contributed by atoms with Crippen LogP contribution in [-0.4, -0.2) is 56.4 Å². The van der Waals surface area contributed by atoms with Crippen molar-refractivity contribution in [1.82, 2.24) is 9.21 Å². The molecule has 2 aromatic carbocycles. The zero-order valence-electron chi connectivity index (χ0n) is 16.3. The van der Waals surface area contributed by atoms with Gasteiger partial charge in [-0.15, -0.1) is 0 Å². The average Bonchev–Trinajstić information content (AvgIpc) is 2.73. The molecule has 0 radical (unpaired) electrons. The fourth-order valence-corrected chi connectivity index (χ4v) is 4.66. The van der Waals surface area contributed by atoms with E-state index in [0.717, 1.165) is 11.1 Å². The predicted molar refractivity (Wildman–Crippen MR) is 108 cm³/mol. The van der Waals surface area contributed by atoms with Crippen molar-refractivity contribution >= 4 is 15.9 Å². The van der Waals surface area contributed by atoms with E-state index in [9.17, 15) is 13.2 Å². The molecule has 0 N–H and O–H groups in total. The van der Waals surface area contributed by atoms with Gasteiger partial charge in [-0.2, -0.15) is 4.31 Å². The normalized spacial score (nSPS) is 15.4. The number of morpholine rings is 1. The third kappa shape index (κ3) is 4.43. The van der Waals surface area contributed by atoms with E-state index in [4.69, 9.17) is 4.74 Å². The largest absolute Gasteiger partial charge is 0.379 e. The molecule has 0 bridgehead atoms. The summed E-state index contributed by atoms with van der Waals surface area (Å²) < 4.78 is 32.6. The Labute approximate surface area is 166 Å². The molecule has 1 saturated heterocycles. The van der Waals surface area contributed by atoms with Crippen molar-refractivity contribution in [3.05, 3.63) is 65.2 Å². The van der Waals surface area contributed by atoms with Crippen LogP contribution in [0.25, 0.3) is 0 Å². The van der Waals surface area contributed by atoms with Crippen LogP contribution in [0.3, 0.4) is 0 Å². The van der Waals surface area contributed by atoms with E-state index in [1.165, 1.54) is 10.4 Å². The lowest BCUT2D eigenvalue weighted by Crippen LogP contribution is -2.40. The van der Waals surface area contributed by atoms with Gasteiger partial charge in [0.1, 0.15) is 0 Å². The average molecular weight is 403 g/mol. The Morgan fingerprint density at radius 3 is 2.43 bits per heavy atom. The summed E-state index contributed by atoms with van der Waals surface area (Å²) >= 11 is 0. The standard InChI is InChI=1S/C21H26N2O4S/c1-3-22(16-18-7-5-4-6-8-18)21(24)20-15-19(10-9-17(20)2)28(25,26)23-11-13-27-14-12-23/h4-10,15H,3,11-14,16H2,1-2H3. The van der Waals surface area contributed by atoms with Crippen LogP contribution in [0.15, 0.2) is 53.4 Å². The Kier molecular flexibility index (Phi) is 6.49. The molecule has 1 aliphatic heterocycles. The monoisotopic (exact) mass is 402 g/mol. The first-order valence-electron chi connectivity index (χ1n) is 9.45. The highest BCUT2D eigenvalue weighted by Gasteiger charge is 2.28. The first-order valence-corrected chi connectivity index (χ1v) is 10.9. The van der Waals surface area contributed by atoms with E-state index < -0.39 is 10.0 Å². The zero-order valence-corrected chi connectivity index (χ0v) is 17.1. The second-order valence-corrected chi connectivity index (χ2v) is 8.74. The highest BCUT2D eigenvalue weighted by atomic mass is 32.2. The molecule has 0 spiro atoms. The number of sulfonamides is 1. The van der Waals surface area contributed by atoms with Crippen molar-refractivity contribution in [3.63, 3.8) is 0 Å². The highest BCUT2D eigenvalue weighted by molar-refractivity contribution is 7.89. The van der Waals surface area contributed by atoms with Crippen LogP contribution in [0.5, 0.6) is 0 Å². The van der Waals surface area contributed by atoms with Gasteiger partial charge < -0.3 is 9.64 Å². The van der Waals surface area contributed by atoms with Gasteiger partial charge in [-0.1, -0.05) is 36.4 Å². The summed E-state index contributed by atoms with van der Waals surface area (Å²) in [6.07, 6.45) is 0. The highest BCUT2D eigenvalue weighted by Crippen LogP contribution is 2.22. The van der Waals surface area contributed by atoms with Crippen molar-refractivity contribution in [1.29, 1.82) is 0 Å². The molecule has 2 aromatic rings. The second kappa shape index (κ2) is 8.86. The van der Waals surface area contributed by atoms with Gasteiger partial charge >= 0.3 is 0 Å². The molecule has 7 heteroatoms. The molecular weight excluding hydrogens is 376 g/mol. The third-order valence-corrected chi connectivity index (χ3v) is 6.83.